The third-order valence-corrected chi connectivity index (χ3v) is 5.27. The summed E-state index contributed by atoms with van der Waals surface area (Å²) in [4.78, 5) is 20.0. The highest BCUT2D eigenvalue weighted by Crippen LogP contribution is 2.38. The van der Waals surface area contributed by atoms with Crippen LogP contribution in [0.4, 0.5) is 5.69 Å². The Hall–Kier alpha value is -3.61. The summed E-state index contributed by atoms with van der Waals surface area (Å²) in [5.41, 5.74) is 3.88. The van der Waals surface area contributed by atoms with Crippen molar-refractivity contribution in [3.05, 3.63) is 59.5 Å². The van der Waals surface area contributed by atoms with Crippen LogP contribution in [0.1, 0.15) is 28.0 Å². The Kier molecular flexibility index (Phi) is 4.08. The maximum Gasteiger partial charge on any atom is 0.259 e. The molecule has 7 nitrogen and oxygen atoms in total. The van der Waals surface area contributed by atoms with Gasteiger partial charge in [-0.05, 0) is 49.6 Å². The number of nitrogens with zero attached hydrogens (tertiary/aromatic N) is 3. The molecule has 0 atom stereocenters. The molecule has 1 amide bonds. The molecule has 0 aliphatic carbocycles. The van der Waals surface area contributed by atoms with E-state index in [4.69, 9.17) is 13.7 Å². The molecule has 3 aromatic heterocycles. The predicted molar refractivity (Wildman–Crippen MR) is 107 cm³/mol. The number of fused-ring (bicyclic) bond motifs is 2. The summed E-state index contributed by atoms with van der Waals surface area (Å²) in [6.07, 6.45) is 3.36. The average Bonchev–Trinajstić information content (AvgIpc) is 3.42. The molecule has 29 heavy (non-hydrogen) atoms. The number of carbonyl (C=O) groups is 1. The number of rotatable bonds is 3. The fraction of sp³-hybridized carbons (Fsp3) is 0.227. The summed E-state index contributed by atoms with van der Waals surface area (Å²) in [5.74, 6) is 1.11. The van der Waals surface area contributed by atoms with Gasteiger partial charge in [-0.1, -0.05) is 17.3 Å². The number of hydrogen-bond donors (Lipinski definition) is 0. The molecular weight excluding hydrogens is 370 g/mol. The van der Waals surface area contributed by atoms with Crippen molar-refractivity contribution < 1.29 is 18.5 Å². The minimum absolute atomic E-state index is 0.137. The number of ether oxygens (including phenoxy) is 1. The molecule has 4 heterocycles. The van der Waals surface area contributed by atoms with E-state index in [1.807, 2.05) is 25.1 Å². The molecular formula is C22H19N3O4. The number of pyridine rings is 1. The highest BCUT2D eigenvalue weighted by molar-refractivity contribution is 6.15. The Morgan fingerprint density at radius 1 is 1.24 bits per heavy atom. The smallest absolute Gasteiger partial charge is 0.259 e. The van der Waals surface area contributed by atoms with Gasteiger partial charge in [-0.2, -0.15) is 0 Å². The number of aromatic nitrogens is 2. The van der Waals surface area contributed by atoms with Crippen LogP contribution in [0.25, 0.3) is 22.6 Å². The lowest BCUT2D eigenvalue weighted by Crippen LogP contribution is -2.36. The first kappa shape index (κ1) is 17.5. The first-order chi connectivity index (χ1) is 14.2. The van der Waals surface area contributed by atoms with Crippen LogP contribution >= 0.6 is 0 Å². The minimum atomic E-state index is -0.137. The lowest BCUT2D eigenvalue weighted by molar-refractivity contribution is 0.0986. The molecule has 4 aromatic rings. The molecule has 0 saturated carbocycles. The topological polar surface area (TPSA) is 81.6 Å². The third-order valence-electron chi connectivity index (χ3n) is 5.27. The number of carbonyl (C=O) groups excluding carboxylic acids is 1. The Labute approximate surface area is 166 Å². The van der Waals surface area contributed by atoms with Gasteiger partial charge in [0, 0.05) is 6.54 Å². The van der Waals surface area contributed by atoms with Gasteiger partial charge in [-0.25, -0.2) is 4.98 Å². The molecule has 1 aromatic carbocycles. The third kappa shape index (κ3) is 2.77. The zero-order valence-electron chi connectivity index (χ0n) is 16.1. The second kappa shape index (κ2) is 6.77. The summed E-state index contributed by atoms with van der Waals surface area (Å²) in [5, 5.41) is 4.64. The number of benzene rings is 1. The summed E-state index contributed by atoms with van der Waals surface area (Å²) in [6, 6.07) is 11.2. The summed E-state index contributed by atoms with van der Waals surface area (Å²) in [6.45, 7) is 2.41. The average molecular weight is 389 g/mol. The SMILES string of the molecule is COc1cccc2c1N(C(=O)c1cc(-c3ccco3)nc3onc(C)c13)CCC2. The monoisotopic (exact) mass is 389 g/mol. The molecule has 0 radical (unpaired) electrons. The predicted octanol–water partition coefficient (Wildman–Crippen LogP) is 4.39. The lowest BCUT2D eigenvalue weighted by Gasteiger charge is -2.31. The second-order valence-corrected chi connectivity index (χ2v) is 7.01. The molecule has 1 aliphatic heterocycles. The fourth-order valence-corrected chi connectivity index (χ4v) is 3.94. The van der Waals surface area contributed by atoms with Gasteiger partial charge < -0.3 is 18.6 Å². The van der Waals surface area contributed by atoms with Crippen LogP contribution in [0, 0.1) is 6.92 Å². The molecule has 5 rings (SSSR count). The Balaban J connectivity index is 1.69. The van der Waals surface area contributed by atoms with Gasteiger partial charge in [-0.3, -0.25) is 4.79 Å². The number of para-hydroxylation sites is 1. The molecule has 0 unspecified atom stereocenters. The zero-order valence-corrected chi connectivity index (χ0v) is 16.1. The van der Waals surface area contributed by atoms with Crippen LogP contribution in [-0.4, -0.2) is 29.7 Å². The Bertz CT molecular complexity index is 1200. The number of aryl methyl sites for hydroxylation is 2. The molecule has 146 valence electrons. The van der Waals surface area contributed by atoms with E-state index in [0.717, 1.165) is 24.1 Å². The summed E-state index contributed by atoms with van der Waals surface area (Å²) >= 11 is 0. The van der Waals surface area contributed by atoms with Crippen molar-refractivity contribution in [1.29, 1.82) is 0 Å². The molecule has 0 saturated heterocycles. The highest BCUT2D eigenvalue weighted by atomic mass is 16.5. The van der Waals surface area contributed by atoms with E-state index in [2.05, 4.69) is 10.1 Å². The van der Waals surface area contributed by atoms with Crippen molar-refractivity contribution in [2.45, 2.75) is 19.8 Å². The van der Waals surface area contributed by atoms with E-state index >= 15 is 0 Å². The molecule has 0 spiro atoms. The van der Waals surface area contributed by atoms with Crippen LogP contribution in [0.5, 0.6) is 5.75 Å². The quantitative estimate of drug-likeness (QED) is 0.517. The number of anilines is 1. The summed E-state index contributed by atoms with van der Waals surface area (Å²) < 4.78 is 16.4. The van der Waals surface area contributed by atoms with Crippen molar-refractivity contribution in [2.75, 3.05) is 18.6 Å². The molecule has 1 aliphatic rings. The molecule has 0 fully saturated rings. The Morgan fingerprint density at radius 2 is 2.14 bits per heavy atom. The van der Waals surface area contributed by atoms with E-state index < -0.39 is 0 Å². The largest absolute Gasteiger partial charge is 0.495 e. The Morgan fingerprint density at radius 3 is 2.93 bits per heavy atom. The van der Waals surface area contributed by atoms with Crippen molar-refractivity contribution in [3.63, 3.8) is 0 Å². The van der Waals surface area contributed by atoms with Crippen molar-refractivity contribution in [3.8, 4) is 17.2 Å². The van der Waals surface area contributed by atoms with Gasteiger partial charge in [-0.15, -0.1) is 0 Å². The van der Waals surface area contributed by atoms with E-state index in [0.29, 0.717) is 46.1 Å². The van der Waals surface area contributed by atoms with Crippen molar-refractivity contribution >= 4 is 22.7 Å². The van der Waals surface area contributed by atoms with E-state index in [1.165, 1.54) is 0 Å². The fourth-order valence-electron chi connectivity index (χ4n) is 3.94. The zero-order chi connectivity index (χ0) is 20.0. The van der Waals surface area contributed by atoms with Crippen LogP contribution in [0.15, 0.2) is 51.6 Å². The minimum Gasteiger partial charge on any atom is -0.495 e. The number of furan rings is 1. The van der Waals surface area contributed by atoms with Crippen LogP contribution in [0.3, 0.4) is 0 Å². The van der Waals surface area contributed by atoms with Crippen LogP contribution in [-0.2, 0) is 6.42 Å². The van der Waals surface area contributed by atoms with Gasteiger partial charge in [0.1, 0.15) is 11.4 Å². The first-order valence-corrected chi connectivity index (χ1v) is 9.46. The molecule has 7 heteroatoms. The number of hydrogen-bond acceptors (Lipinski definition) is 6. The van der Waals surface area contributed by atoms with Gasteiger partial charge in [0.15, 0.2) is 5.76 Å². The van der Waals surface area contributed by atoms with Gasteiger partial charge in [0.25, 0.3) is 11.6 Å². The standard InChI is InChI=1S/C22H19N3O4/c1-13-19-15(12-16(17-9-5-11-28-17)23-21(19)29-24-13)22(26)25-10-4-7-14-6-3-8-18(27-2)20(14)25/h3,5-6,8-9,11-12H,4,7,10H2,1-2H3. The number of amides is 1. The maximum atomic E-state index is 13.8. The lowest BCUT2D eigenvalue weighted by atomic mass is 9.99. The molecule has 0 N–H and O–H groups in total. The molecule has 0 bridgehead atoms. The van der Waals surface area contributed by atoms with Gasteiger partial charge in [0.2, 0.25) is 0 Å². The summed E-state index contributed by atoms with van der Waals surface area (Å²) in [7, 11) is 1.62. The highest BCUT2D eigenvalue weighted by Gasteiger charge is 2.30. The first-order valence-electron chi connectivity index (χ1n) is 9.46. The van der Waals surface area contributed by atoms with Gasteiger partial charge in [0.05, 0.1) is 35.7 Å². The van der Waals surface area contributed by atoms with Crippen LogP contribution < -0.4 is 9.64 Å². The van der Waals surface area contributed by atoms with E-state index in [1.54, 1.807) is 36.5 Å². The number of methoxy groups -OCH3 is 1. The normalized spacial score (nSPS) is 13.5. The van der Waals surface area contributed by atoms with Crippen molar-refractivity contribution in [2.24, 2.45) is 0 Å². The van der Waals surface area contributed by atoms with Crippen LogP contribution in [0.2, 0.25) is 0 Å². The van der Waals surface area contributed by atoms with E-state index in [-0.39, 0.29) is 5.91 Å². The van der Waals surface area contributed by atoms with Crippen molar-refractivity contribution in [1.82, 2.24) is 10.1 Å². The van der Waals surface area contributed by atoms with E-state index in [9.17, 15) is 4.79 Å². The second-order valence-electron chi connectivity index (χ2n) is 7.01. The maximum absolute atomic E-state index is 13.8. The van der Waals surface area contributed by atoms with Gasteiger partial charge >= 0.3 is 0 Å².